The molecule has 0 aliphatic rings. The first-order valence-corrected chi connectivity index (χ1v) is 10.3. The highest BCUT2D eigenvalue weighted by molar-refractivity contribution is 6.10. The van der Waals surface area contributed by atoms with Gasteiger partial charge in [0.2, 0.25) is 0 Å². The molecule has 0 bridgehead atoms. The molecule has 0 aliphatic heterocycles. The SMILES string of the molecule is CCOc1ccccc1NC(=O)c1cc(C(=O)Nc2ccccc2OCC)cc([N+](=O)[O-])c1. The molecule has 3 rings (SSSR count). The van der Waals surface area contributed by atoms with E-state index in [0.29, 0.717) is 36.1 Å². The third-order valence-corrected chi connectivity index (χ3v) is 4.52. The van der Waals surface area contributed by atoms with Crippen LogP contribution < -0.4 is 20.1 Å². The summed E-state index contributed by atoms with van der Waals surface area (Å²) >= 11 is 0. The van der Waals surface area contributed by atoms with E-state index in [0.717, 1.165) is 12.1 Å². The van der Waals surface area contributed by atoms with Gasteiger partial charge in [-0.15, -0.1) is 0 Å². The molecule has 0 saturated carbocycles. The lowest BCUT2D eigenvalue weighted by molar-refractivity contribution is -0.384. The van der Waals surface area contributed by atoms with E-state index >= 15 is 0 Å². The molecule has 0 fully saturated rings. The number of anilines is 2. The molecule has 3 aromatic rings. The molecule has 33 heavy (non-hydrogen) atoms. The van der Waals surface area contributed by atoms with Crippen molar-refractivity contribution in [3.8, 4) is 11.5 Å². The third kappa shape index (κ3) is 5.85. The Morgan fingerprint density at radius 1 is 0.788 bits per heavy atom. The number of amides is 2. The van der Waals surface area contributed by atoms with Gasteiger partial charge in [0, 0.05) is 23.3 Å². The van der Waals surface area contributed by atoms with Crippen LogP contribution in [0.5, 0.6) is 11.5 Å². The number of ether oxygens (including phenoxy) is 2. The van der Waals surface area contributed by atoms with Gasteiger partial charge in [-0.2, -0.15) is 0 Å². The Hall–Kier alpha value is -4.40. The monoisotopic (exact) mass is 449 g/mol. The minimum absolute atomic E-state index is 0.0428. The van der Waals surface area contributed by atoms with Crippen molar-refractivity contribution in [3.05, 3.63) is 88.0 Å². The number of rotatable bonds is 9. The summed E-state index contributed by atoms with van der Waals surface area (Å²) in [6.07, 6.45) is 0. The molecule has 0 radical (unpaired) electrons. The summed E-state index contributed by atoms with van der Waals surface area (Å²) in [5.74, 6) is -0.308. The van der Waals surface area contributed by atoms with Crippen LogP contribution in [0, 0.1) is 10.1 Å². The Morgan fingerprint density at radius 3 is 1.61 bits per heavy atom. The molecule has 0 aromatic heterocycles. The second kappa shape index (κ2) is 10.8. The number of nitro benzene ring substituents is 1. The number of nitrogens with zero attached hydrogens (tertiary/aromatic N) is 1. The first-order chi connectivity index (χ1) is 15.9. The van der Waals surface area contributed by atoms with Crippen LogP contribution in [-0.2, 0) is 0 Å². The zero-order chi connectivity index (χ0) is 23.8. The second-order valence-electron chi connectivity index (χ2n) is 6.79. The first kappa shape index (κ1) is 23.3. The maximum atomic E-state index is 12.9. The molecule has 2 amide bonds. The lowest BCUT2D eigenvalue weighted by Crippen LogP contribution is -2.17. The summed E-state index contributed by atoms with van der Waals surface area (Å²) in [4.78, 5) is 36.5. The van der Waals surface area contributed by atoms with Gasteiger partial charge >= 0.3 is 0 Å². The highest BCUT2D eigenvalue weighted by atomic mass is 16.6. The van der Waals surface area contributed by atoms with Crippen molar-refractivity contribution in [1.82, 2.24) is 0 Å². The average molecular weight is 449 g/mol. The van der Waals surface area contributed by atoms with E-state index in [4.69, 9.17) is 9.47 Å². The van der Waals surface area contributed by atoms with Crippen molar-refractivity contribution in [2.75, 3.05) is 23.8 Å². The molecular weight excluding hydrogens is 426 g/mol. The van der Waals surface area contributed by atoms with Crippen LogP contribution in [0.1, 0.15) is 34.6 Å². The summed E-state index contributed by atoms with van der Waals surface area (Å²) in [5, 5.41) is 16.8. The number of para-hydroxylation sites is 4. The van der Waals surface area contributed by atoms with Crippen LogP contribution in [0.25, 0.3) is 0 Å². The summed E-state index contributed by atoms with van der Waals surface area (Å²) in [6.45, 7) is 4.43. The number of carbonyl (C=O) groups excluding carboxylic acids is 2. The largest absolute Gasteiger partial charge is 0.492 e. The van der Waals surface area contributed by atoms with Gasteiger partial charge in [0.15, 0.2) is 0 Å². The Labute approximate surface area is 190 Å². The number of nitro groups is 1. The molecule has 0 atom stereocenters. The van der Waals surface area contributed by atoms with Crippen LogP contribution >= 0.6 is 0 Å². The van der Waals surface area contributed by atoms with Crippen LogP contribution in [0.4, 0.5) is 17.1 Å². The lowest BCUT2D eigenvalue weighted by atomic mass is 10.1. The molecule has 0 spiro atoms. The molecule has 0 unspecified atom stereocenters. The number of non-ortho nitro benzene ring substituents is 1. The molecule has 3 aromatic carbocycles. The summed E-state index contributed by atoms with van der Waals surface area (Å²) < 4.78 is 11.0. The zero-order valence-corrected chi connectivity index (χ0v) is 18.2. The van der Waals surface area contributed by atoms with Crippen LogP contribution in [-0.4, -0.2) is 30.0 Å². The molecule has 0 aliphatic carbocycles. The van der Waals surface area contributed by atoms with Crippen molar-refractivity contribution in [2.45, 2.75) is 13.8 Å². The predicted octanol–water partition coefficient (Wildman–Crippen LogP) is 4.90. The van der Waals surface area contributed by atoms with E-state index < -0.39 is 16.7 Å². The van der Waals surface area contributed by atoms with Crippen molar-refractivity contribution in [2.24, 2.45) is 0 Å². The molecule has 9 heteroatoms. The van der Waals surface area contributed by atoms with E-state index in [2.05, 4.69) is 10.6 Å². The van der Waals surface area contributed by atoms with Crippen LogP contribution in [0.2, 0.25) is 0 Å². The quantitative estimate of drug-likeness (QED) is 0.354. The lowest BCUT2D eigenvalue weighted by Gasteiger charge is -2.13. The summed E-state index contributed by atoms with van der Waals surface area (Å²) in [7, 11) is 0. The zero-order valence-electron chi connectivity index (χ0n) is 18.2. The van der Waals surface area contributed by atoms with Gasteiger partial charge in [-0.05, 0) is 44.2 Å². The summed E-state index contributed by atoms with van der Waals surface area (Å²) in [6, 6.07) is 17.2. The minimum Gasteiger partial charge on any atom is -0.492 e. The van der Waals surface area contributed by atoms with Gasteiger partial charge in [-0.25, -0.2) is 0 Å². The maximum absolute atomic E-state index is 12.9. The van der Waals surface area contributed by atoms with Crippen LogP contribution in [0.3, 0.4) is 0 Å². The number of nitrogens with one attached hydrogen (secondary N) is 2. The first-order valence-electron chi connectivity index (χ1n) is 10.3. The topological polar surface area (TPSA) is 120 Å². The van der Waals surface area contributed by atoms with Crippen molar-refractivity contribution in [1.29, 1.82) is 0 Å². The number of carbonyl (C=O) groups is 2. The van der Waals surface area contributed by atoms with Gasteiger partial charge in [-0.3, -0.25) is 19.7 Å². The van der Waals surface area contributed by atoms with Crippen molar-refractivity contribution in [3.63, 3.8) is 0 Å². The van der Waals surface area contributed by atoms with Gasteiger partial charge in [-0.1, -0.05) is 24.3 Å². The average Bonchev–Trinajstić information content (AvgIpc) is 2.81. The number of benzene rings is 3. The maximum Gasteiger partial charge on any atom is 0.271 e. The smallest absolute Gasteiger partial charge is 0.271 e. The molecule has 2 N–H and O–H groups in total. The van der Waals surface area contributed by atoms with Crippen molar-refractivity contribution >= 4 is 28.9 Å². The van der Waals surface area contributed by atoms with E-state index in [9.17, 15) is 19.7 Å². The number of hydrogen-bond donors (Lipinski definition) is 2. The van der Waals surface area contributed by atoms with Crippen molar-refractivity contribution < 1.29 is 24.0 Å². The molecule has 0 heterocycles. The Balaban J connectivity index is 1.91. The fraction of sp³-hybridized carbons (Fsp3) is 0.167. The van der Waals surface area contributed by atoms with Crippen LogP contribution in [0.15, 0.2) is 66.7 Å². The fourth-order valence-electron chi connectivity index (χ4n) is 3.07. The van der Waals surface area contributed by atoms with E-state index in [1.165, 1.54) is 6.07 Å². The van der Waals surface area contributed by atoms with E-state index in [1.807, 2.05) is 13.8 Å². The normalized spacial score (nSPS) is 10.2. The predicted molar refractivity (Wildman–Crippen MR) is 124 cm³/mol. The van der Waals surface area contributed by atoms with E-state index in [1.54, 1.807) is 48.5 Å². The van der Waals surface area contributed by atoms with Gasteiger partial charge in [0.05, 0.1) is 29.5 Å². The minimum atomic E-state index is -0.657. The highest BCUT2D eigenvalue weighted by Crippen LogP contribution is 2.27. The standard InChI is InChI=1S/C24H23N3O6/c1-3-32-21-11-7-5-9-19(21)25-23(28)16-13-17(15-18(14-16)27(30)31)24(29)26-20-10-6-8-12-22(20)33-4-2/h5-15H,3-4H2,1-2H3,(H,25,28)(H,26,29). The summed E-state index contributed by atoms with van der Waals surface area (Å²) in [5.41, 5.74) is 0.349. The van der Waals surface area contributed by atoms with Gasteiger partial charge in [0.25, 0.3) is 17.5 Å². The highest BCUT2D eigenvalue weighted by Gasteiger charge is 2.20. The second-order valence-corrected chi connectivity index (χ2v) is 6.79. The molecule has 0 saturated heterocycles. The third-order valence-electron chi connectivity index (χ3n) is 4.52. The number of hydrogen-bond acceptors (Lipinski definition) is 6. The van der Waals surface area contributed by atoms with Gasteiger partial charge in [0.1, 0.15) is 11.5 Å². The molecule has 9 nitrogen and oxygen atoms in total. The Morgan fingerprint density at radius 2 is 1.21 bits per heavy atom. The molecular formula is C24H23N3O6. The Kier molecular flexibility index (Phi) is 7.59. The van der Waals surface area contributed by atoms with Gasteiger partial charge < -0.3 is 20.1 Å². The molecule has 170 valence electrons. The van der Waals surface area contributed by atoms with E-state index in [-0.39, 0.29) is 16.8 Å². The Bertz CT molecular complexity index is 1100. The fourth-order valence-corrected chi connectivity index (χ4v) is 3.07.